The minimum atomic E-state index is -0.181. The molecule has 22 heavy (non-hydrogen) atoms. The van der Waals surface area contributed by atoms with Gasteiger partial charge in [-0.15, -0.1) is 0 Å². The van der Waals surface area contributed by atoms with Gasteiger partial charge in [-0.2, -0.15) is 0 Å². The average Bonchev–Trinajstić information content (AvgIpc) is 2.56. The number of ether oxygens (including phenoxy) is 1. The monoisotopic (exact) mass is 306 g/mol. The molecule has 3 nitrogen and oxygen atoms in total. The van der Waals surface area contributed by atoms with Crippen LogP contribution in [0, 0.1) is 11.7 Å². The van der Waals surface area contributed by atoms with Crippen LogP contribution in [0.1, 0.15) is 37.4 Å². The van der Waals surface area contributed by atoms with Crippen molar-refractivity contribution in [1.82, 2.24) is 10.2 Å². The molecule has 2 aliphatic heterocycles. The van der Waals surface area contributed by atoms with Crippen LogP contribution in [0.15, 0.2) is 24.3 Å². The van der Waals surface area contributed by atoms with E-state index in [1.54, 1.807) is 0 Å². The fourth-order valence-electron chi connectivity index (χ4n) is 3.71. The second-order valence-corrected chi connectivity index (χ2v) is 6.72. The number of benzene rings is 1. The molecule has 2 unspecified atom stereocenters. The molecule has 2 heterocycles. The SMILES string of the molecule is CN(CC1CCNCC1)C1CCOC(c2ccc(F)cc2)C1. The van der Waals surface area contributed by atoms with Gasteiger partial charge < -0.3 is 15.0 Å². The summed E-state index contributed by atoms with van der Waals surface area (Å²) in [4.78, 5) is 2.52. The van der Waals surface area contributed by atoms with E-state index in [0.29, 0.717) is 6.04 Å². The molecule has 122 valence electrons. The molecular weight excluding hydrogens is 279 g/mol. The normalized spacial score (nSPS) is 27.2. The minimum absolute atomic E-state index is 0.106. The number of nitrogens with one attached hydrogen (secondary N) is 1. The van der Waals surface area contributed by atoms with Crippen LogP contribution in [-0.2, 0) is 4.74 Å². The third kappa shape index (κ3) is 4.06. The Morgan fingerprint density at radius 1 is 1.18 bits per heavy atom. The lowest BCUT2D eigenvalue weighted by Gasteiger charge is -2.38. The van der Waals surface area contributed by atoms with Crippen LogP contribution in [0.25, 0.3) is 0 Å². The highest BCUT2D eigenvalue weighted by atomic mass is 19.1. The van der Waals surface area contributed by atoms with Crippen LogP contribution < -0.4 is 5.32 Å². The number of piperidine rings is 1. The molecule has 2 fully saturated rings. The van der Waals surface area contributed by atoms with E-state index in [2.05, 4.69) is 17.3 Å². The average molecular weight is 306 g/mol. The van der Waals surface area contributed by atoms with Crippen LogP contribution in [0.5, 0.6) is 0 Å². The Balaban J connectivity index is 1.56. The maximum Gasteiger partial charge on any atom is 0.123 e. The van der Waals surface area contributed by atoms with Gasteiger partial charge in [-0.1, -0.05) is 12.1 Å². The molecule has 4 heteroatoms. The van der Waals surface area contributed by atoms with Crippen LogP contribution in [0.4, 0.5) is 4.39 Å². The molecular formula is C18H27FN2O. The van der Waals surface area contributed by atoms with Gasteiger partial charge in [0.25, 0.3) is 0 Å². The smallest absolute Gasteiger partial charge is 0.123 e. The molecule has 1 aromatic rings. The summed E-state index contributed by atoms with van der Waals surface area (Å²) in [6.45, 7) is 4.29. The largest absolute Gasteiger partial charge is 0.373 e. The van der Waals surface area contributed by atoms with E-state index in [1.807, 2.05) is 12.1 Å². The van der Waals surface area contributed by atoms with Crippen LogP contribution in [-0.4, -0.2) is 44.2 Å². The summed E-state index contributed by atoms with van der Waals surface area (Å²) in [5.74, 6) is 0.637. The first-order valence-electron chi connectivity index (χ1n) is 8.50. The molecule has 0 aromatic heterocycles. The molecule has 0 spiro atoms. The van der Waals surface area contributed by atoms with Gasteiger partial charge in [0.05, 0.1) is 6.10 Å². The zero-order valence-corrected chi connectivity index (χ0v) is 13.4. The van der Waals surface area contributed by atoms with Crippen molar-refractivity contribution < 1.29 is 9.13 Å². The third-order valence-corrected chi connectivity index (χ3v) is 5.13. The molecule has 3 rings (SSSR count). The van der Waals surface area contributed by atoms with E-state index >= 15 is 0 Å². The predicted octanol–water partition coefficient (Wildman–Crippen LogP) is 2.98. The quantitative estimate of drug-likeness (QED) is 0.925. The van der Waals surface area contributed by atoms with Gasteiger partial charge in [0.1, 0.15) is 5.82 Å². The van der Waals surface area contributed by atoms with Gasteiger partial charge in [-0.05, 0) is 69.4 Å². The van der Waals surface area contributed by atoms with Crippen molar-refractivity contribution in [1.29, 1.82) is 0 Å². The number of hydrogen-bond acceptors (Lipinski definition) is 3. The lowest BCUT2D eigenvalue weighted by atomic mass is 9.93. The number of halogens is 1. The molecule has 0 bridgehead atoms. The molecule has 2 atom stereocenters. The topological polar surface area (TPSA) is 24.5 Å². The molecule has 1 aromatic carbocycles. The Hall–Kier alpha value is -0.970. The Morgan fingerprint density at radius 3 is 2.64 bits per heavy atom. The summed E-state index contributed by atoms with van der Waals surface area (Å²) in [5.41, 5.74) is 1.10. The van der Waals surface area contributed by atoms with Crippen molar-refractivity contribution in [3.63, 3.8) is 0 Å². The fourth-order valence-corrected chi connectivity index (χ4v) is 3.71. The Kier molecular flexibility index (Phi) is 5.45. The molecule has 0 saturated carbocycles. The number of hydrogen-bond donors (Lipinski definition) is 1. The van der Waals surface area contributed by atoms with Crippen LogP contribution >= 0.6 is 0 Å². The van der Waals surface area contributed by atoms with Crippen molar-refractivity contribution in [2.24, 2.45) is 5.92 Å². The highest BCUT2D eigenvalue weighted by molar-refractivity contribution is 5.19. The van der Waals surface area contributed by atoms with E-state index < -0.39 is 0 Å². The summed E-state index contributed by atoms with van der Waals surface area (Å²) in [7, 11) is 2.25. The molecule has 1 N–H and O–H groups in total. The second-order valence-electron chi connectivity index (χ2n) is 6.72. The zero-order valence-electron chi connectivity index (χ0n) is 13.4. The molecule has 0 radical (unpaired) electrons. The predicted molar refractivity (Wildman–Crippen MR) is 86.3 cm³/mol. The summed E-state index contributed by atoms with van der Waals surface area (Å²) in [6, 6.07) is 7.34. The fraction of sp³-hybridized carbons (Fsp3) is 0.667. The first kappa shape index (κ1) is 15.9. The Morgan fingerprint density at radius 2 is 1.91 bits per heavy atom. The summed E-state index contributed by atoms with van der Waals surface area (Å²) in [6.07, 6.45) is 4.78. The van der Waals surface area contributed by atoms with Crippen molar-refractivity contribution in [3.8, 4) is 0 Å². The van der Waals surface area contributed by atoms with Gasteiger partial charge in [0, 0.05) is 19.2 Å². The minimum Gasteiger partial charge on any atom is -0.373 e. The second kappa shape index (κ2) is 7.53. The summed E-state index contributed by atoms with van der Waals surface area (Å²) >= 11 is 0. The van der Waals surface area contributed by atoms with E-state index in [4.69, 9.17) is 4.74 Å². The standard InChI is InChI=1S/C18H27FN2O/c1-21(13-14-6-9-20-10-7-14)17-8-11-22-18(12-17)15-2-4-16(19)5-3-15/h2-5,14,17-18,20H,6-13H2,1H3. The van der Waals surface area contributed by atoms with Gasteiger partial charge in [0.15, 0.2) is 0 Å². The van der Waals surface area contributed by atoms with E-state index in [-0.39, 0.29) is 11.9 Å². The van der Waals surface area contributed by atoms with Gasteiger partial charge in [-0.25, -0.2) is 4.39 Å². The summed E-state index contributed by atoms with van der Waals surface area (Å²) in [5, 5.41) is 3.43. The Labute approximate surface area is 132 Å². The number of nitrogens with zero attached hydrogens (tertiary/aromatic N) is 1. The van der Waals surface area contributed by atoms with E-state index in [1.165, 1.54) is 31.5 Å². The molecule has 0 amide bonds. The highest BCUT2D eigenvalue weighted by Gasteiger charge is 2.28. The first-order valence-corrected chi connectivity index (χ1v) is 8.50. The zero-order chi connectivity index (χ0) is 15.4. The molecule has 0 aliphatic carbocycles. The van der Waals surface area contributed by atoms with Crippen molar-refractivity contribution in [2.75, 3.05) is 33.3 Å². The third-order valence-electron chi connectivity index (χ3n) is 5.13. The van der Waals surface area contributed by atoms with Gasteiger partial charge in [0.2, 0.25) is 0 Å². The maximum absolute atomic E-state index is 13.1. The van der Waals surface area contributed by atoms with Crippen LogP contribution in [0.2, 0.25) is 0 Å². The van der Waals surface area contributed by atoms with Crippen molar-refractivity contribution in [3.05, 3.63) is 35.6 Å². The van der Waals surface area contributed by atoms with Gasteiger partial charge in [-0.3, -0.25) is 0 Å². The van der Waals surface area contributed by atoms with Crippen molar-refractivity contribution in [2.45, 2.75) is 37.8 Å². The van der Waals surface area contributed by atoms with E-state index in [9.17, 15) is 4.39 Å². The lowest BCUT2D eigenvalue weighted by molar-refractivity contribution is -0.0265. The van der Waals surface area contributed by atoms with E-state index in [0.717, 1.165) is 44.0 Å². The van der Waals surface area contributed by atoms with Crippen LogP contribution in [0.3, 0.4) is 0 Å². The first-order chi connectivity index (χ1) is 10.7. The molecule has 2 aliphatic rings. The summed E-state index contributed by atoms with van der Waals surface area (Å²) < 4.78 is 19.0. The lowest BCUT2D eigenvalue weighted by Crippen LogP contribution is -2.42. The van der Waals surface area contributed by atoms with Gasteiger partial charge >= 0.3 is 0 Å². The Bertz CT molecular complexity index is 459. The molecule has 2 saturated heterocycles. The highest BCUT2D eigenvalue weighted by Crippen LogP contribution is 2.31. The maximum atomic E-state index is 13.1. The number of rotatable bonds is 4. The van der Waals surface area contributed by atoms with Crippen molar-refractivity contribution >= 4 is 0 Å².